The van der Waals surface area contributed by atoms with E-state index in [1.54, 1.807) is 30.3 Å². The van der Waals surface area contributed by atoms with Gasteiger partial charge in [0.25, 0.3) is 11.8 Å². The minimum absolute atomic E-state index is 0.329. The van der Waals surface area contributed by atoms with Crippen molar-refractivity contribution in [3.8, 4) is 0 Å². The molecule has 1 aromatic heterocycles. The number of thiophene rings is 1. The molecule has 2 amide bonds. The van der Waals surface area contributed by atoms with Gasteiger partial charge in [0, 0.05) is 11.1 Å². The lowest BCUT2D eigenvalue weighted by Gasteiger charge is -2.27. The molecule has 0 radical (unpaired) electrons. The van der Waals surface area contributed by atoms with Gasteiger partial charge in [-0.05, 0) is 40.1 Å². The molecule has 110 valence electrons. The van der Waals surface area contributed by atoms with Crippen LogP contribution in [0.15, 0.2) is 41.1 Å². The zero-order valence-electron chi connectivity index (χ0n) is 11.4. The van der Waals surface area contributed by atoms with Crippen LogP contribution in [0.3, 0.4) is 0 Å². The number of imide groups is 1. The minimum Gasteiger partial charge on any atom is -0.480 e. The highest BCUT2D eigenvalue weighted by Crippen LogP contribution is 2.30. The van der Waals surface area contributed by atoms with Gasteiger partial charge in [-0.15, -0.1) is 0 Å². The number of nitrogens with zero attached hydrogens (tertiary/aromatic N) is 1. The molecule has 0 aliphatic carbocycles. The first-order valence-corrected chi connectivity index (χ1v) is 7.43. The van der Waals surface area contributed by atoms with Gasteiger partial charge in [-0.2, -0.15) is 11.3 Å². The third-order valence-corrected chi connectivity index (χ3v) is 4.02. The van der Waals surface area contributed by atoms with Gasteiger partial charge in [0.05, 0.1) is 0 Å². The van der Waals surface area contributed by atoms with Crippen molar-refractivity contribution in [1.29, 1.82) is 0 Å². The Kier molecular flexibility index (Phi) is 3.60. The van der Waals surface area contributed by atoms with E-state index in [4.69, 9.17) is 5.11 Å². The van der Waals surface area contributed by atoms with Crippen LogP contribution in [0, 0.1) is 0 Å². The van der Waals surface area contributed by atoms with Crippen LogP contribution in [0.2, 0.25) is 0 Å². The molecule has 1 aliphatic heterocycles. The Balaban J connectivity index is 2.15. The first-order valence-electron chi connectivity index (χ1n) is 6.49. The highest BCUT2D eigenvalue weighted by molar-refractivity contribution is 7.08. The van der Waals surface area contributed by atoms with Crippen molar-refractivity contribution in [2.75, 3.05) is 6.54 Å². The fraction of sp³-hybridized carbons (Fsp3) is 0.0625. The van der Waals surface area contributed by atoms with E-state index in [-0.39, 0.29) is 0 Å². The van der Waals surface area contributed by atoms with Gasteiger partial charge in [0.15, 0.2) is 0 Å². The van der Waals surface area contributed by atoms with Gasteiger partial charge in [-0.25, -0.2) is 0 Å². The standard InChI is InChI=1S/C16H11NO4S/c18-14(19)8-17-15(20)12-4-2-1-3-11(12)13(16(17)21)7-10-5-6-22-9-10/h1-7,9H,8H2,(H,18,19)/b13-7+. The average molecular weight is 313 g/mol. The Morgan fingerprint density at radius 1 is 1.14 bits per heavy atom. The number of fused-ring (bicyclic) bond motifs is 1. The third-order valence-electron chi connectivity index (χ3n) is 3.32. The van der Waals surface area contributed by atoms with E-state index in [0.717, 1.165) is 10.5 Å². The molecule has 0 saturated heterocycles. The molecule has 2 heterocycles. The van der Waals surface area contributed by atoms with Crippen molar-refractivity contribution in [2.24, 2.45) is 0 Å². The Labute approximate surface area is 130 Å². The van der Waals surface area contributed by atoms with Gasteiger partial charge in [-0.1, -0.05) is 18.2 Å². The molecule has 1 aromatic carbocycles. The molecule has 1 aliphatic rings. The Morgan fingerprint density at radius 2 is 1.86 bits per heavy atom. The molecule has 22 heavy (non-hydrogen) atoms. The largest absolute Gasteiger partial charge is 0.480 e. The second-order valence-electron chi connectivity index (χ2n) is 4.75. The summed E-state index contributed by atoms with van der Waals surface area (Å²) in [4.78, 5) is 36.6. The molecular formula is C16H11NO4S. The topological polar surface area (TPSA) is 74.7 Å². The monoisotopic (exact) mass is 313 g/mol. The molecule has 0 bridgehead atoms. The maximum absolute atomic E-state index is 12.5. The number of carbonyl (C=O) groups is 3. The lowest BCUT2D eigenvalue weighted by Crippen LogP contribution is -2.44. The molecule has 3 rings (SSSR count). The molecule has 0 fully saturated rings. The number of rotatable bonds is 3. The molecule has 0 spiro atoms. The smallest absolute Gasteiger partial charge is 0.323 e. The van der Waals surface area contributed by atoms with Gasteiger partial charge < -0.3 is 5.11 Å². The van der Waals surface area contributed by atoms with E-state index in [2.05, 4.69) is 0 Å². The van der Waals surface area contributed by atoms with Crippen molar-refractivity contribution in [3.63, 3.8) is 0 Å². The maximum atomic E-state index is 12.5. The van der Waals surface area contributed by atoms with E-state index in [1.807, 2.05) is 16.8 Å². The molecule has 0 unspecified atom stereocenters. The van der Waals surface area contributed by atoms with Crippen LogP contribution in [0.5, 0.6) is 0 Å². The Morgan fingerprint density at radius 3 is 2.50 bits per heavy atom. The summed E-state index contributed by atoms with van der Waals surface area (Å²) in [5.74, 6) is -2.39. The average Bonchev–Trinajstić information content (AvgIpc) is 3.01. The molecule has 1 N–H and O–H groups in total. The Hall–Kier alpha value is -2.73. The predicted molar refractivity (Wildman–Crippen MR) is 82.3 cm³/mol. The number of hydrogen-bond donors (Lipinski definition) is 1. The van der Waals surface area contributed by atoms with Crippen LogP contribution in [-0.4, -0.2) is 34.3 Å². The normalized spacial score (nSPS) is 16.0. The van der Waals surface area contributed by atoms with Gasteiger partial charge in [0.1, 0.15) is 6.54 Å². The fourth-order valence-electron chi connectivity index (χ4n) is 2.34. The number of aliphatic carboxylic acids is 1. The summed E-state index contributed by atoms with van der Waals surface area (Å²) in [5, 5.41) is 12.7. The lowest BCUT2D eigenvalue weighted by atomic mass is 9.92. The summed E-state index contributed by atoms with van der Waals surface area (Å²) < 4.78 is 0. The van der Waals surface area contributed by atoms with Crippen LogP contribution in [0.25, 0.3) is 11.6 Å². The van der Waals surface area contributed by atoms with Crippen molar-refractivity contribution < 1.29 is 19.5 Å². The molecular weight excluding hydrogens is 302 g/mol. The van der Waals surface area contributed by atoms with Crippen LogP contribution in [0.4, 0.5) is 0 Å². The van der Waals surface area contributed by atoms with E-state index in [0.29, 0.717) is 16.7 Å². The maximum Gasteiger partial charge on any atom is 0.323 e. The second-order valence-corrected chi connectivity index (χ2v) is 5.53. The first-order chi connectivity index (χ1) is 10.6. The molecule has 6 heteroatoms. The van der Waals surface area contributed by atoms with Crippen molar-refractivity contribution in [3.05, 3.63) is 57.8 Å². The molecule has 0 saturated carbocycles. The van der Waals surface area contributed by atoms with Crippen LogP contribution >= 0.6 is 11.3 Å². The molecule has 2 aromatic rings. The summed E-state index contributed by atoms with van der Waals surface area (Å²) in [5.41, 5.74) is 2.04. The number of carbonyl (C=O) groups excluding carboxylic acids is 2. The summed E-state index contributed by atoms with van der Waals surface area (Å²) in [6.45, 7) is -0.646. The summed E-state index contributed by atoms with van der Waals surface area (Å²) >= 11 is 1.49. The molecule has 0 atom stereocenters. The zero-order valence-corrected chi connectivity index (χ0v) is 12.2. The Bertz CT molecular complexity index is 792. The van der Waals surface area contributed by atoms with Gasteiger partial charge in [-0.3, -0.25) is 19.3 Å². The third kappa shape index (κ3) is 2.44. The van der Waals surface area contributed by atoms with Crippen molar-refractivity contribution in [1.82, 2.24) is 4.90 Å². The fourth-order valence-corrected chi connectivity index (χ4v) is 2.96. The van der Waals surface area contributed by atoms with Crippen LogP contribution in [0.1, 0.15) is 21.5 Å². The van der Waals surface area contributed by atoms with E-state index >= 15 is 0 Å². The van der Waals surface area contributed by atoms with E-state index < -0.39 is 24.3 Å². The highest BCUT2D eigenvalue weighted by Gasteiger charge is 2.35. The van der Waals surface area contributed by atoms with Gasteiger partial charge in [0.2, 0.25) is 0 Å². The number of hydrogen-bond acceptors (Lipinski definition) is 4. The number of benzene rings is 1. The SMILES string of the molecule is O=C(O)CN1C(=O)/C(=C/c2ccsc2)c2ccccc2C1=O. The summed E-state index contributed by atoms with van der Waals surface area (Å²) in [6, 6.07) is 8.58. The quantitative estimate of drug-likeness (QED) is 0.697. The highest BCUT2D eigenvalue weighted by atomic mass is 32.1. The zero-order chi connectivity index (χ0) is 15.7. The second kappa shape index (κ2) is 5.57. The van der Waals surface area contributed by atoms with Crippen molar-refractivity contribution in [2.45, 2.75) is 0 Å². The van der Waals surface area contributed by atoms with Crippen molar-refractivity contribution >= 4 is 40.8 Å². The van der Waals surface area contributed by atoms with Gasteiger partial charge >= 0.3 is 5.97 Å². The van der Waals surface area contributed by atoms with E-state index in [9.17, 15) is 14.4 Å². The molecule has 5 nitrogen and oxygen atoms in total. The number of amides is 2. The van der Waals surface area contributed by atoms with Crippen LogP contribution < -0.4 is 0 Å². The number of carboxylic acids is 1. The predicted octanol–water partition coefficient (Wildman–Crippen LogP) is 2.36. The number of carboxylic acid groups (broad SMARTS) is 1. The van der Waals surface area contributed by atoms with Crippen LogP contribution in [-0.2, 0) is 9.59 Å². The minimum atomic E-state index is -1.23. The summed E-state index contributed by atoms with van der Waals surface area (Å²) in [6.07, 6.45) is 1.68. The van der Waals surface area contributed by atoms with E-state index in [1.165, 1.54) is 11.3 Å². The lowest BCUT2D eigenvalue weighted by molar-refractivity contribution is -0.141. The summed E-state index contributed by atoms with van der Waals surface area (Å²) in [7, 11) is 0. The first kappa shape index (κ1) is 14.2.